The average molecular weight is 333 g/mol. The van der Waals surface area contributed by atoms with Crippen molar-refractivity contribution in [3.8, 4) is 5.75 Å². The fraction of sp³-hybridized carbons (Fsp3) is 0.375. The SMILES string of the molecule is COc1c(Nc2c(NC(C)C(C)C)c(=O)c2=O)ccnc1C(=O)O. The number of pyridine rings is 1. The molecule has 0 aliphatic carbocycles. The molecule has 1 aromatic heterocycles. The summed E-state index contributed by atoms with van der Waals surface area (Å²) in [6.45, 7) is 5.88. The number of carboxylic acids is 1. The lowest BCUT2D eigenvalue weighted by Crippen LogP contribution is -2.39. The molecule has 0 radical (unpaired) electrons. The summed E-state index contributed by atoms with van der Waals surface area (Å²) in [6.07, 6.45) is 1.28. The third-order valence-electron chi connectivity index (χ3n) is 3.85. The molecule has 0 spiro atoms. The fourth-order valence-electron chi connectivity index (χ4n) is 2.08. The van der Waals surface area contributed by atoms with Gasteiger partial charge in [-0.2, -0.15) is 0 Å². The summed E-state index contributed by atoms with van der Waals surface area (Å²) in [4.78, 5) is 38.6. The Balaban J connectivity index is 2.38. The summed E-state index contributed by atoms with van der Waals surface area (Å²) in [5, 5.41) is 14.9. The molecule has 8 nitrogen and oxygen atoms in total. The molecule has 0 aliphatic rings. The van der Waals surface area contributed by atoms with Crippen LogP contribution < -0.4 is 26.2 Å². The van der Waals surface area contributed by atoms with Crippen LogP contribution >= 0.6 is 0 Å². The maximum Gasteiger partial charge on any atom is 0.358 e. The molecule has 3 N–H and O–H groups in total. The van der Waals surface area contributed by atoms with E-state index in [1.807, 2.05) is 20.8 Å². The molecule has 1 unspecified atom stereocenters. The normalized spacial score (nSPS) is 12.2. The van der Waals surface area contributed by atoms with Crippen LogP contribution in [0.5, 0.6) is 5.75 Å². The summed E-state index contributed by atoms with van der Waals surface area (Å²) >= 11 is 0. The molecule has 8 heteroatoms. The van der Waals surface area contributed by atoms with Crippen molar-refractivity contribution >= 4 is 23.0 Å². The molecule has 0 bridgehead atoms. The number of hydrogen-bond donors (Lipinski definition) is 3. The molecule has 1 aromatic carbocycles. The van der Waals surface area contributed by atoms with Gasteiger partial charge in [-0.25, -0.2) is 9.78 Å². The number of ether oxygens (including phenoxy) is 1. The van der Waals surface area contributed by atoms with E-state index in [1.54, 1.807) is 0 Å². The zero-order valence-electron chi connectivity index (χ0n) is 13.8. The Morgan fingerprint density at radius 3 is 2.38 bits per heavy atom. The first-order valence-corrected chi connectivity index (χ1v) is 7.41. The van der Waals surface area contributed by atoms with Gasteiger partial charge in [0.15, 0.2) is 11.4 Å². The Labute approximate surface area is 138 Å². The van der Waals surface area contributed by atoms with Gasteiger partial charge < -0.3 is 20.5 Å². The van der Waals surface area contributed by atoms with E-state index in [0.717, 1.165) is 0 Å². The van der Waals surface area contributed by atoms with Gasteiger partial charge in [-0.05, 0) is 18.9 Å². The minimum Gasteiger partial charge on any atom is -0.492 e. The van der Waals surface area contributed by atoms with Crippen LogP contribution in [0.1, 0.15) is 31.3 Å². The maximum absolute atomic E-state index is 11.9. The van der Waals surface area contributed by atoms with Gasteiger partial charge in [0.25, 0.3) is 10.9 Å². The number of rotatable bonds is 7. The lowest BCUT2D eigenvalue weighted by molar-refractivity contribution is 0.0686. The Morgan fingerprint density at radius 2 is 1.83 bits per heavy atom. The van der Waals surface area contributed by atoms with Gasteiger partial charge in [0, 0.05) is 12.2 Å². The predicted octanol–water partition coefficient (Wildman–Crippen LogP) is 1.58. The van der Waals surface area contributed by atoms with Crippen LogP contribution in [0.25, 0.3) is 0 Å². The molecule has 2 aromatic rings. The lowest BCUT2D eigenvalue weighted by atomic mass is 10.0. The van der Waals surface area contributed by atoms with E-state index in [4.69, 9.17) is 9.84 Å². The second kappa shape index (κ2) is 6.69. The highest BCUT2D eigenvalue weighted by atomic mass is 16.5. The molecule has 0 amide bonds. The molecule has 1 heterocycles. The zero-order valence-corrected chi connectivity index (χ0v) is 13.8. The first kappa shape index (κ1) is 17.5. The van der Waals surface area contributed by atoms with E-state index in [2.05, 4.69) is 15.6 Å². The van der Waals surface area contributed by atoms with Crippen molar-refractivity contribution in [1.82, 2.24) is 4.98 Å². The highest BCUT2D eigenvalue weighted by Crippen LogP contribution is 2.31. The summed E-state index contributed by atoms with van der Waals surface area (Å²) in [5.74, 6) is -1.01. The van der Waals surface area contributed by atoms with Gasteiger partial charge in [-0.15, -0.1) is 0 Å². The Bertz CT molecular complexity index is 837. The van der Waals surface area contributed by atoms with Crippen molar-refractivity contribution in [2.45, 2.75) is 26.8 Å². The first-order valence-electron chi connectivity index (χ1n) is 7.41. The smallest absolute Gasteiger partial charge is 0.358 e. The van der Waals surface area contributed by atoms with E-state index >= 15 is 0 Å². The molecule has 0 fully saturated rings. The van der Waals surface area contributed by atoms with Crippen molar-refractivity contribution in [3.63, 3.8) is 0 Å². The molecule has 1 atom stereocenters. The number of anilines is 3. The van der Waals surface area contributed by atoms with E-state index in [0.29, 0.717) is 0 Å². The number of nitrogens with zero attached hydrogens (tertiary/aromatic N) is 1. The predicted molar refractivity (Wildman–Crippen MR) is 90.3 cm³/mol. The van der Waals surface area contributed by atoms with Crippen molar-refractivity contribution < 1.29 is 14.6 Å². The van der Waals surface area contributed by atoms with Crippen molar-refractivity contribution in [2.75, 3.05) is 17.7 Å². The van der Waals surface area contributed by atoms with E-state index in [-0.39, 0.29) is 40.5 Å². The lowest BCUT2D eigenvalue weighted by Gasteiger charge is -2.22. The van der Waals surface area contributed by atoms with Crippen LogP contribution in [0.15, 0.2) is 21.9 Å². The molecular formula is C16H19N3O5. The van der Waals surface area contributed by atoms with E-state index in [9.17, 15) is 14.4 Å². The van der Waals surface area contributed by atoms with E-state index < -0.39 is 16.8 Å². The number of aromatic nitrogens is 1. The van der Waals surface area contributed by atoms with E-state index in [1.165, 1.54) is 19.4 Å². The van der Waals surface area contributed by atoms with Gasteiger partial charge in [-0.1, -0.05) is 13.8 Å². The van der Waals surface area contributed by atoms with Gasteiger partial charge in [-0.3, -0.25) is 9.59 Å². The van der Waals surface area contributed by atoms with Crippen molar-refractivity contribution in [1.29, 1.82) is 0 Å². The summed E-state index contributed by atoms with van der Waals surface area (Å²) in [6, 6.07) is 1.46. The summed E-state index contributed by atoms with van der Waals surface area (Å²) in [5.41, 5.74) is -1.02. The monoisotopic (exact) mass is 333 g/mol. The number of aromatic carboxylic acids is 1. The number of carboxylic acid groups (broad SMARTS) is 1. The van der Waals surface area contributed by atoms with Crippen LogP contribution in [0.4, 0.5) is 17.1 Å². The van der Waals surface area contributed by atoms with Gasteiger partial charge in [0.1, 0.15) is 11.4 Å². The van der Waals surface area contributed by atoms with Gasteiger partial charge in [0.05, 0.1) is 12.8 Å². The van der Waals surface area contributed by atoms with Crippen LogP contribution in [-0.2, 0) is 0 Å². The fourth-order valence-corrected chi connectivity index (χ4v) is 2.08. The summed E-state index contributed by atoms with van der Waals surface area (Å²) in [7, 11) is 1.30. The molecule has 0 aliphatic heterocycles. The number of hydrogen-bond acceptors (Lipinski definition) is 7. The minimum absolute atomic E-state index is 0.0113. The van der Waals surface area contributed by atoms with Gasteiger partial charge >= 0.3 is 5.97 Å². The maximum atomic E-state index is 11.9. The highest BCUT2D eigenvalue weighted by Gasteiger charge is 2.25. The topological polar surface area (TPSA) is 118 Å². The number of nitrogens with one attached hydrogen (secondary N) is 2. The van der Waals surface area contributed by atoms with Crippen molar-refractivity contribution in [3.05, 3.63) is 38.4 Å². The molecule has 2 rings (SSSR count). The third kappa shape index (κ3) is 3.08. The second-order valence-corrected chi connectivity index (χ2v) is 5.76. The van der Waals surface area contributed by atoms with Crippen molar-refractivity contribution in [2.24, 2.45) is 5.92 Å². The third-order valence-corrected chi connectivity index (χ3v) is 3.85. The Hall–Kier alpha value is -2.90. The molecule has 24 heavy (non-hydrogen) atoms. The first-order chi connectivity index (χ1) is 11.3. The van der Waals surface area contributed by atoms with Crippen LogP contribution in [-0.4, -0.2) is 29.2 Å². The second-order valence-electron chi connectivity index (χ2n) is 5.76. The zero-order chi connectivity index (χ0) is 18.0. The highest BCUT2D eigenvalue weighted by molar-refractivity contribution is 5.92. The number of methoxy groups -OCH3 is 1. The quantitative estimate of drug-likeness (QED) is 0.654. The molecule has 0 saturated heterocycles. The van der Waals surface area contributed by atoms with Crippen LogP contribution in [0.3, 0.4) is 0 Å². The molecule has 128 valence electrons. The average Bonchev–Trinajstić information content (AvgIpc) is 2.56. The molecular weight excluding hydrogens is 314 g/mol. The standard InChI is InChI=1S/C16H19N3O5/c1-7(2)8(3)18-10-11(14(21)13(10)20)19-9-5-6-17-12(16(22)23)15(9)24-4/h5-8,18H,1-4H3,(H,17,19)(H,22,23). The Kier molecular flexibility index (Phi) is 4.87. The van der Waals surface area contributed by atoms with Crippen LogP contribution in [0, 0.1) is 5.92 Å². The van der Waals surface area contributed by atoms with Gasteiger partial charge in [0.2, 0.25) is 0 Å². The molecule has 0 saturated carbocycles. The number of carbonyl (C=O) groups is 1. The minimum atomic E-state index is -1.26. The summed E-state index contributed by atoms with van der Waals surface area (Å²) < 4.78 is 5.08. The Morgan fingerprint density at radius 1 is 1.21 bits per heavy atom. The largest absolute Gasteiger partial charge is 0.492 e. The van der Waals surface area contributed by atoms with Crippen LogP contribution in [0.2, 0.25) is 0 Å².